The lowest BCUT2D eigenvalue weighted by Gasteiger charge is -2.29. The third-order valence-electron chi connectivity index (χ3n) is 4.11. The van der Waals surface area contributed by atoms with Gasteiger partial charge in [-0.3, -0.25) is 4.79 Å². The number of carbonyl (C=O) groups is 2. The first-order valence-corrected chi connectivity index (χ1v) is 9.80. The summed E-state index contributed by atoms with van der Waals surface area (Å²) in [5.74, 6) is -0.677. The fourth-order valence-corrected chi connectivity index (χ4v) is 2.89. The molecule has 0 heterocycles. The molecular weight excluding hydrogens is 318 g/mol. The molecule has 1 atom stereocenters. The van der Waals surface area contributed by atoms with Crippen molar-refractivity contribution in [3.8, 4) is 0 Å². The third-order valence-corrected chi connectivity index (χ3v) is 4.11. The van der Waals surface area contributed by atoms with Crippen LogP contribution in [0.2, 0.25) is 0 Å². The number of ether oxygens (including phenoxy) is 1. The zero-order valence-electron chi connectivity index (χ0n) is 17.0. The number of carboxylic acids is 1. The summed E-state index contributed by atoms with van der Waals surface area (Å²) in [5.41, 5.74) is 0. The van der Waals surface area contributed by atoms with Crippen molar-refractivity contribution in [1.29, 1.82) is 0 Å². The minimum Gasteiger partial charge on any atom is -0.550 e. The van der Waals surface area contributed by atoms with Crippen LogP contribution in [0.15, 0.2) is 0 Å². The van der Waals surface area contributed by atoms with E-state index in [9.17, 15) is 14.7 Å². The van der Waals surface area contributed by atoms with E-state index in [0.29, 0.717) is 17.4 Å². The lowest BCUT2D eigenvalue weighted by molar-refractivity contribution is -0.873. The summed E-state index contributed by atoms with van der Waals surface area (Å²) in [4.78, 5) is 22.7. The number of carboxylic acid groups (broad SMARTS) is 1. The summed E-state index contributed by atoms with van der Waals surface area (Å²) in [6.07, 6.45) is 8.93. The van der Waals surface area contributed by atoms with Crippen LogP contribution in [0.4, 0.5) is 0 Å². The van der Waals surface area contributed by atoms with Crippen LogP contribution in [-0.4, -0.2) is 50.2 Å². The number of esters is 1. The Bertz CT molecular complexity index is 374. The Kier molecular flexibility index (Phi) is 12.6. The molecule has 148 valence electrons. The highest BCUT2D eigenvalue weighted by atomic mass is 16.5. The van der Waals surface area contributed by atoms with E-state index in [-0.39, 0.29) is 12.4 Å². The highest BCUT2D eigenvalue weighted by Crippen LogP contribution is 2.13. The van der Waals surface area contributed by atoms with Gasteiger partial charge in [-0.1, -0.05) is 58.8 Å². The van der Waals surface area contributed by atoms with E-state index >= 15 is 0 Å². The molecule has 0 spiro atoms. The van der Waals surface area contributed by atoms with Gasteiger partial charge in [-0.25, -0.2) is 0 Å². The van der Waals surface area contributed by atoms with Crippen LogP contribution in [0, 0.1) is 5.92 Å². The molecule has 0 aliphatic rings. The summed E-state index contributed by atoms with van der Waals surface area (Å²) in [6.45, 7) is 4.99. The Morgan fingerprint density at radius 3 is 1.92 bits per heavy atom. The SMILES string of the molecule is CC(C)CCCCCCCCCC(=O)OC(CC(=O)[O-])C[N+](C)(C)C. The second-order valence-electron chi connectivity index (χ2n) is 8.57. The monoisotopic (exact) mass is 357 g/mol. The van der Waals surface area contributed by atoms with Gasteiger partial charge in [-0.15, -0.1) is 0 Å². The molecule has 0 rings (SSSR count). The van der Waals surface area contributed by atoms with Gasteiger partial charge in [0.25, 0.3) is 0 Å². The van der Waals surface area contributed by atoms with Crippen molar-refractivity contribution in [3.63, 3.8) is 0 Å². The summed E-state index contributed by atoms with van der Waals surface area (Å²) < 4.78 is 5.89. The number of aliphatic carboxylic acids is 1. The van der Waals surface area contributed by atoms with Gasteiger partial charge in [0.15, 0.2) is 6.10 Å². The van der Waals surface area contributed by atoms with Crippen molar-refractivity contribution in [3.05, 3.63) is 0 Å². The van der Waals surface area contributed by atoms with Gasteiger partial charge in [-0.05, 0) is 12.3 Å². The molecule has 0 amide bonds. The number of hydrogen-bond donors (Lipinski definition) is 0. The second kappa shape index (κ2) is 13.2. The highest BCUT2D eigenvalue weighted by molar-refractivity contribution is 5.70. The molecule has 5 nitrogen and oxygen atoms in total. The third kappa shape index (κ3) is 17.5. The predicted molar refractivity (Wildman–Crippen MR) is 98.8 cm³/mol. The Morgan fingerprint density at radius 1 is 0.920 bits per heavy atom. The van der Waals surface area contributed by atoms with Crippen molar-refractivity contribution >= 4 is 11.9 Å². The van der Waals surface area contributed by atoms with E-state index in [2.05, 4.69) is 13.8 Å². The second-order valence-corrected chi connectivity index (χ2v) is 8.57. The van der Waals surface area contributed by atoms with Crippen LogP contribution in [0.5, 0.6) is 0 Å². The molecule has 25 heavy (non-hydrogen) atoms. The fraction of sp³-hybridized carbons (Fsp3) is 0.900. The van der Waals surface area contributed by atoms with Crippen LogP contribution < -0.4 is 5.11 Å². The highest BCUT2D eigenvalue weighted by Gasteiger charge is 2.22. The van der Waals surface area contributed by atoms with E-state index < -0.39 is 12.1 Å². The van der Waals surface area contributed by atoms with Gasteiger partial charge >= 0.3 is 5.97 Å². The van der Waals surface area contributed by atoms with E-state index in [1.54, 1.807) is 0 Å². The number of carbonyl (C=O) groups excluding carboxylic acids is 2. The van der Waals surface area contributed by atoms with Crippen molar-refractivity contribution < 1.29 is 23.9 Å². The molecule has 0 bridgehead atoms. The van der Waals surface area contributed by atoms with Crippen molar-refractivity contribution in [2.45, 2.75) is 84.2 Å². The van der Waals surface area contributed by atoms with E-state index in [1.807, 2.05) is 21.1 Å². The average Bonchev–Trinajstić information content (AvgIpc) is 2.42. The van der Waals surface area contributed by atoms with Crippen molar-refractivity contribution in [2.75, 3.05) is 27.7 Å². The number of nitrogens with zero attached hydrogens (tertiary/aromatic N) is 1. The molecule has 0 saturated carbocycles. The lowest BCUT2D eigenvalue weighted by Crippen LogP contribution is -2.45. The maximum Gasteiger partial charge on any atom is 0.306 e. The Morgan fingerprint density at radius 2 is 1.44 bits per heavy atom. The molecule has 1 unspecified atom stereocenters. The maximum absolute atomic E-state index is 11.9. The van der Waals surface area contributed by atoms with E-state index in [4.69, 9.17) is 4.74 Å². The Hall–Kier alpha value is -1.10. The number of rotatable bonds is 15. The van der Waals surface area contributed by atoms with Crippen molar-refractivity contribution in [1.82, 2.24) is 0 Å². The molecule has 0 aliphatic heterocycles. The molecule has 0 saturated heterocycles. The smallest absolute Gasteiger partial charge is 0.306 e. The molecule has 5 heteroatoms. The minimum atomic E-state index is -1.18. The zero-order chi connectivity index (χ0) is 19.3. The maximum atomic E-state index is 11.9. The summed E-state index contributed by atoms with van der Waals surface area (Å²) in [7, 11) is 5.83. The molecule has 0 aromatic carbocycles. The van der Waals surface area contributed by atoms with Crippen LogP contribution in [0.25, 0.3) is 0 Å². The Labute approximate surface area is 154 Å². The van der Waals surface area contributed by atoms with Crippen LogP contribution >= 0.6 is 0 Å². The minimum absolute atomic E-state index is 0.238. The topological polar surface area (TPSA) is 66.4 Å². The van der Waals surface area contributed by atoms with Crippen LogP contribution in [-0.2, 0) is 14.3 Å². The van der Waals surface area contributed by atoms with Gasteiger partial charge < -0.3 is 19.1 Å². The largest absolute Gasteiger partial charge is 0.550 e. The first-order valence-electron chi connectivity index (χ1n) is 9.80. The first kappa shape index (κ1) is 23.9. The van der Waals surface area contributed by atoms with Gasteiger partial charge in [0, 0.05) is 18.8 Å². The number of likely N-dealkylation sites (N-methyl/N-ethyl adjacent to an activating group) is 1. The zero-order valence-corrected chi connectivity index (χ0v) is 17.0. The number of quaternary nitrogens is 1. The van der Waals surface area contributed by atoms with Gasteiger partial charge in [-0.2, -0.15) is 0 Å². The molecule has 0 aromatic heterocycles. The molecular formula is C20H39NO4. The van der Waals surface area contributed by atoms with Crippen LogP contribution in [0.1, 0.15) is 78.1 Å². The predicted octanol–water partition coefficient (Wildman–Crippen LogP) is 2.91. The summed E-state index contributed by atoms with van der Waals surface area (Å²) >= 11 is 0. The molecule has 0 fully saturated rings. The molecule has 0 aromatic rings. The van der Waals surface area contributed by atoms with E-state index in [1.165, 1.54) is 32.1 Å². The normalized spacial score (nSPS) is 13.0. The fourth-order valence-electron chi connectivity index (χ4n) is 2.89. The average molecular weight is 358 g/mol. The number of hydrogen-bond acceptors (Lipinski definition) is 4. The quantitative estimate of drug-likeness (QED) is 0.257. The van der Waals surface area contributed by atoms with Gasteiger partial charge in [0.05, 0.1) is 21.1 Å². The van der Waals surface area contributed by atoms with Gasteiger partial charge in [0.2, 0.25) is 0 Å². The summed E-state index contributed by atoms with van der Waals surface area (Å²) in [6, 6.07) is 0. The van der Waals surface area contributed by atoms with Gasteiger partial charge in [0.1, 0.15) is 6.54 Å². The van der Waals surface area contributed by atoms with Crippen LogP contribution in [0.3, 0.4) is 0 Å². The number of unbranched alkanes of at least 4 members (excludes halogenated alkanes) is 6. The first-order chi connectivity index (χ1) is 11.6. The Balaban J connectivity index is 3.80. The molecule has 0 aliphatic carbocycles. The van der Waals surface area contributed by atoms with Crippen molar-refractivity contribution in [2.24, 2.45) is 5.92 Å². The molecule has 0 radical (unpaired) electrons. The summed E-state index contributed by atoms with van der Waals surface area (Å²) in [5, 5.41) is 10.8. The lowest BCUT2D eigenvalue weighted by atomic mass is 10.0. The standard InChI is InChI=1S/C20H39NO4/c1-17(2)13-11-9-7-6-8-10-12-14-20(24)25-18(15-19(22)23)16-21(3,4)5/h17-18H,6-16H2,1-5H3. The van der Waals surface area contributed by atoms with E-state index in [0.717, 1.165) is 25.2 Å². The molecule has 0 N–H and O–H groups in total.